The zero-order chi connectivity index (χ0) is 11.2. The fourth-order valence-electron chi connectivity index (χ4n) is 2.24. The van der Waals surface area contributed by atoms with Crippen LogP contribution in [0.1, 0.15) is 25.5 Å². The Hall–Kier alpha value is -0.450. The lowest BCUT2D eigenvalue weighted by atomic mass is 9.97. The summed E-state index contributed by atoms with van der Waals surface area (Å²) in [5.41, 5.74) is 3.16. The van der Waals surface area contributed by atoms with Crippen molar-refractivity contribution in [1.29, 1.82) is 0 Å². The van der Waals surface area contributed by atoms with Gasteiger partial charge in [0.2, 0.25) is 0 Å². The van der Waals surface area contributed by atoms with Crippen molar-refractivity contribution in [2.75, 3.05) is 26.2 Å². The monoisotopic (exact) mass is 239 g/mol. The highest BCUT2D eigenvalue weighted by atomic mass is 32.1. The smallest absolute Gasteiger partial charge is 0.0795 e. The average Bonchev–Trinajstić information content (AvgIpc) is 2.81. The van der Waals surface area contributed by atoms with Crippen LogP contribution in [0, 0.1) is 5.92 Å². The van der Waals surface area contributed by atoms with Crippen molar-refractivity contribution >= 4 is 11.3 Å². The van der Waals surface area contributed by atoms with Gasteiger partial charge < -0.3 is 5.32 Å². The topological polar surface area (TPSA) is 28.2 Å². The Morgan fingerprint density at radius 2 is 2.31 bits per heavy atom. The maximum atomic E-state index is 4.34. The van der Waals surface area contributed by atoms with Crippen molar-refractivity contribution in [3.8, 4) is 0 Å². The highest BCUT2D eigenvalue weighted by molar-refractivity contribution is 7.07. The van der Waals surface area contributed by atoms with Gasteiger partial charge in [-0.25, -0.2) is 4.98 Å². The summed E-state index contributed by atoms with van der Waals surface area (Å²) in [5.74, 6) is 0.881. The molecule has 1 saturated heterocycles. The summed E-state index contributed by atoms with van der Waals surface area (Å²) in [5, 5.41) is 5.61. The minimum Gasteiger partial charge on any atom is -0.317 e. The van der Waals surface area contributed by atoms with Gasteiger partial charge in [0.15, 0.2) is 0 Å². The van der Waals surface area contributed by atoms with Gasteiger partial charge in [-0.2, -0.15) is 0 Å². The van der Waals surface area contributed by atoms with Crippen molar-refractivity contribution in [3.05, 3.63) is 16.6 Å². The Labute approximate surface area is 102 Å². The van der Waals surface area contributed by atoms with Gasteiger partial charge in [-0.15, -0.1) is 11.3 Å². The standard InChI is InChI=1S/C12H21N3S/c1-2-13-7-11-3-5-15(6-4-11)8-12-9-16-10-14-12/h9-11,13H,2-8H2,1H3. The van der Waals surface area contributed by atoms with E-state index >= 15 is 0 Å². The second kappa shape index (κ2) is 6.33. The Kier molecular flexibility index (Phi) is 4.75. The molecule has 1 fully saturated rings. The molecule has 90 valence electrons. The van der Waals surface area contributed by atoms with Crippen LogP contribution in [0.2, 0.25) is 0 Å². The second-order valence-electron chi connectivity index (χ2n) is 4.51. The summed E-state index contributed by atoms with van der Waals surface area (Å²) in [6, 6.07) is 0. The molecule has 0 unspecified atom stereocenters. The third kappa shape index (κ3) is 3.54. The molecule has 3 nitrogen and oxygen atoms in total. The number of hydrogen-bond donors (Lipinski definition) is 1. The number of rotatable bonds is 5. The highest BCUT2D eigenvalue weighted by Crippen LogP contribution is 2.18. The number of aromatic nitrogens is 1. The van der Waals surface area contributed by atoms with Crippen LogP contribution in [0.25, 0.3) is 0 Å². The van der Waals surface area contributed by atoms with Crippen molar-refractivity contribution < 1.29 is 0 Å². The average molecular weight is 239 g/mol. The number of hydrogen-bond acceptors (Lipinski definition) is 4. The number of nitrogens with one attached hydrogen (secondary N) is 1. The van der Waals surface area contributed by atoms with Gasteiger partial charge in [0.25, 0.3) is 0 Å². The SMILES string of the molecule is CCNCC1CCN(Cc2cscn2)CC1. The van der Waals surface area contributed by atoms with E-state index in [1.807, 2.05) is 5.51 Å². The number of thiazole rings is 1. The first-order valence-corrected chi connectivity index (χ1v) is 7.13. The molecule has 1 aromatic heterocycles. The molecular formula is C12H21N3S. The maximum Gasteiger partial charge on any atom is 0.0795 e. The third-order valence-electron chi connectivity index (χ3n) is 3.26. The van der Waals surface area contributed by atoms with Crippen LogP contribution in [-0.2, 0) is 6.54 Å². The molecule has 0 saturated carbocycles. The molecule has 1 aliphatic heterocycles. The molecule has 16 heavy (non-hydrogen) atoms. The van der Waals surface area contributed by atoms with E-state index in [1.165, 1.54) is 38.2 Å². The Morgan fingerprint density at radius 1 is 1.50 bits per heavy atom. The van der Waals surface area contributed by atoms with Crippen LogP contribution in [0.5, 0.6) is 0 Å². The molecule has 1 aromatic rings. The van der Waals surface area contributed by atoms with Crippen LogP contribution >= 0.6 is 11.3 Å². The molecule has 1 aliphatic rings. The van der Waals surface area contributed by atoms with Crippen molar-refractivity contribution in [2.45, 2.75) is 26.3 Å². The Morgan fingerprint density at radius 3 is 2.94 bits per heavy atom. The molecular weight excluding hydrogens is 218 g/mol. The predicted octanol–water partition coefficient (Wildman–Crippen LogP) is 1.96. The summed E-state index contributed by atoms with van der Waals surface area (Å²) < 4.78 is 0. The summed E-state index contributed by atoms with van der Waals surface area (Å²) in [6.45, 7) is 7.97. The number of piperidine rings is 1. The van der Waals surface area contributed by atoms with E-state index in [9.17, 15) is 0 Å². The van der Waals surface area contributed by atoms with Crippen molar-refractivity contribution in [3.63, 3.8) is 0 Å². The Bertz CT molecular complexity index is 278. The first-order valence-electron chi connectivity index (χ1n) is 6.18. The first-order chi connectivity index (χ1) is 7.88. The van der Waals surface area contributed by atoms with Gasteiger partial charge >= 0.3 is 0 Å². The van der Waals surface area contributed by atoms with E-state index in [0.717, 1.165) is 19.0 Å². The maximum absolute atomic E-state index is 4.34. The molecule has 0 atom stereocenters. The lowest BCUT2D eigenvalue weighted by Gasteiger charge is -2.31. The van der Waals surface area contributed by atoms with Crippen LogP contribution < -0.4 is 5.32 Å². The summed E-state index contributed by atoms with van der Waals surface area (Å²) in [7, 11) is 0. The molecule has 2 rings (SSSR count). The van der Waals surface area contributed by atoms with E-state index in [0.29, 0.717) is 0 Å². The minimum absolute atomic E-state index is 0.881. The molecule has 0 aliphatic carbocycles. The zero-order valence-electron chi connectivity index (χ0n) is 9.98. The van der Waals surface area contributed by atoms with Gasteiger partial charge in [-0.05, 0) is 44.9 Å². The van der Waals surface area contributed by atoms with Gasteiger partial charge in [-0.3, -0.25) is 4.90 Å². The van der Waals surface area contributed by atoms with E-state index in [-0.39, 0.29) is 0 Å². The molecule has 0 bridgehead atoms. The second-order valence-corrected chi connectivity index (χ2v) is 5.23. The van der Waals surface area contributed by atoms with Crippen LogP contribution in [0.4, 0.5) is 0 Å². The van der Waals surface area contributed by atoms with Crippen LogP contribution in [0.3, 0.4) is 0 Å². The molecule has 4 heteroatoms. The lowest BCUT2D eigenvalue weighted by molar-refractivity contribution is 0.174. The number of nitrogens with zero attached hydrogens (tertiary/aromatic N) is 2. The van der Waals surface area contributed by atoms with Gasteiger partial charge in [0.05, 0.1) is 11.2 Å². The van der Waals surface area contributed by atoms with Gasteiger partial charge in [-0.1, -0.05) is 6.92 Å². The largest absolute Gasteiger partial charge is 0.317 e. The first kappa shape index (κ1) is 12.0. The highest BCUT2D eigenvalue weighted by Gasteiger charge is 2.18. The molecule has 2 heterocycles. The van der Waals surface area contributed by atoms with Crippen molar-refractivity contribution in [2.24, 2.45) is 5.92 Å². The third-order valence-corrected chi connectivity index (χ3v) is 3.89. The molecule has 0 radical (unpaired) electrons. The van der Waals surface area contributed by atoms with Crippen molar-refractivity contribution in [1.82, 2.24) is 15.2 Å². The predicted molar refractivity (Wildman–Crippen MR) is 68.7 cm³/mol. The fourth-order valence-corrected chi connectivity index (χ4v) is 2.79. The lowest BCUT2D eigenvalue weighted by Crippen LogP contribution is -2.36. The van der Waals surface area contributed by atoms with E-state index in [4.69, 9.17) is 0 Å². The van der Waals surface area contributed by atoms with E-state index in [2.05, 4.69) is 27.5 Å². The normalized spacial score (nSPS) is 19.1. The quantitative estimate of drug-likeness (QED) is 0.851. The Balaban J connectivity index is 1.69. The summed E-state index contributed by atoms with van der Waals surface area (Å²) in [4.78, 5) is 6.87. The molecule has 0 aromatic carbocycles. The molecule has 0 spiro atoms. The van der Waals surface area contributed by atoms with Gasteiger partial charge in [0.1, 0.15) is 0 Å². The van der Waals surface area contributed by atoms with E-state index < -0.39 is 0 Å². The van der Waals surface area contributed by atoms with Crippen LogP contribution in [-0.4, -0.2) is 36.1 Å². The minimum atomic E-state index is 0.881. The van der Waals surface area contributed by atoms with Gasteiger partial charge in [0, 0.05) is 11.9 Å². The fraction of sp³-hybridized carbons (Fsp3) is 0.750. The molecule has 0 amide bonds. The van der Waals surface area contributed by atoms with Crippen LogP contribution in [0.15, 0.2) is 10.9 Å². The summed E-state index contributed by atoms with van der Waals surface area (Å²) >= 11 is 1.69. The number of likely N-dealkylation sites (tertiary alicyclic amines) is 1. The zero-order valence-corrected chi connectivity index (χ0v) is 10.8. The molecule has 1 N–H and O–H groups in total. The van der Waals surface area contributed by atoms with E-state index in [1.54, 1.807) is 11.3 Å². The summed E-state index contributed by atoms with van der Waals surface area (Å²) in [6.07, 6.45) is 2.66.